The van der Waals surface area contributed by atoms with Crippen molar-refractivity contribution in [2.75, 3.05) is 0 Å². The molecule has 0 aliphatic rings. The van der Waals surface area contributed by atoms with Crippen LogP contribution in [-0.2, 0) is 7.05 Å². The first-order valence-electron chi connectivity index (χ1n) is 4.44. The van der Waals surface area contributed by atoms with Gasteiger partial charge in [-0.2, -0.15) is 0 Å². The van der Waals surface area contributed by atoms with E-state index < -0.39 is 0 Å². The van der Waals surface area contributed by atoms with Gasteiger partial charge in [-0.1, -0.05) is 5.21 Å². The maximum atomic E-state index is 4.41. The van der Waals surface area contributed by atoms with Crippen LogP contribution in [0.1, 0.15) is 11.4 Å². The van der Waals surface area contributed by atoms with Crippen LogP contribution in [0.2, 0.25) is 0 Å². The lowest BCUT2D eigenvalue weighted by atomic mass is 10.2. The highest BCUT2D eigenvalue weighted by Crippen LogP contribution is 2.21. The molecule has 0 unspecified atom stereocenters. The molecule has 2 heterocycles. The van der Waals surface area contributed by atoms with Crippen molar-refractivity contribution < 1.29 is 0 Å². The van der Waals surface area contributed by atoms with E-state index in [1.165, 1.54) is 0 Å². The molecule has 0 saturated carbocycles. The standard InChI is InChI=1S/C10H10BrN4/c1-6-8(11)4-5-9(12-6)10-7(2)15(3)14-13-10/h4-5H,2H2,1,3H3. The van der Waals surface area contributed by atoms with E-state index in [-0.39, 0.29) is 0 Å². The Morgan fingerprint density at radius 3 is 2.67 bits per heavy atom. The highest BCUT2D eigenvalue weighted by molar-refractivity contribution is 9.10. The van der Waals surface area contributed by atoms with Crippen LogP contribution in [0.5, 0.6) is 0 Å². The van der Waals surface area contributed by atoms with Crippen LogP contribution in [0.4, 0.5) is 0 Å². The molecule has 0 amide bonds. The Kier molecular flexibility index (Phi) is 2.56. The molecule has 2 rings (SSSR count). The number of aromatic nitrogens is 4. The van der Waals surface area contributed by atoms with Crippen LogP contribution in [0.3, 0.4) is 0 Å². The van der Waals surface area contributed by atoms with E-state index in [0.29, 0.717) is 0 Å². The van der Waals surface area contributed by atoms with Gasteiger partial charge in [0.15, 0.2) is 0 Å². The Balaban J connectivity index is 2.55. The van der Waals surface area contributed by atoms with E-state index in [2.05, 4.69) is 38.1 Å². The molecular weight excluding hydrogens is 256 g/mol. The summed E-state index contributed by atoms with van der Waals surface area (Å²) in [5, 5.41) is 7.93. The highest BCUT2D eigenvalue weighted by atomic mass is 79.9. The second kappa shape index (κ2) is 3.73. The minimum absolute atomic E-state index is 0.730. The third-order valence-corrected chi connectivity index (χ3v) is 3.04. The third-order valence-electron chi connectivity index (χ3n) is 2.21. The lowest BCUT2D eigenvalue weighted by Gasteiger charge is -2.01. The normalized spacial score (nSPS) is 10.7. The lowest BCUT2D eigenvalue weighted by Crippen LogP contribution is -1.93. The summed E-state index contributed by atoms with van der Waals surface area (Å²) in [6.07, 6.45) is 0. The summed E-state index contributed by atoms with van der Waals surface area (Å²) in [6, 6.07) is 3.85. The smallest absolute Gasteiger partial charge is 0.134 e. The molecule has 0 aliphatic carbocycles. The summed E-state index contributed by atoms with van der Waals surface area (Å²) in [4.78, 5) is 4.41. The molecule has 0 atom stereocenters. The topological polar surface area (TPSA) is 43.6 Å². The fourth-order valence-electron chi connectivity index (χ4n) is 1.25. The van der Waals surface area contributed by atoms with Crippen molar-refractivity contribution in [3.05, 3.63) is 34.9 Å². The summed E-state index contributed by atoms with van der Waals surface area (Å²) >= 11 is 3.41. The fraction of sp³-hybridized carbons (Fsp3) is 0.200. The second-order valence-electron chi connectivity index (χ2n) is 3.27. The molecule has 15 heavy (non-hydrogen) atoms. The molecule has 0 saturated heterocycles. The van der Waals surface area contributed by atoms with Crippen LogP contribution in [-0.4, -0.2) is 20.0 Å². The molecule has 4 nitrogen and oxygen atoms in total. The SMILES string of the molecule is [CH2]c1c(-c2ccc(Br)c(C)n2)nnn1C. The summed E-state index contributed by atoms with van der Waals surface area (Å²) < 4.78 is 2.62. The van der Waals surface area contributed by atoms with Crippen LogP contribution >= 0.6 is 15.9 Å². The van der Waals surface area contributed by atoms with Crippen molar-refractivity contribution in [1.29, 1.82) is 0 Å². The minimum atomic E-state index is 0.730. The van der Waals surface area contributed by atoms with Gasteiger partial charge >= 0.3 is 0 Å². The Labute approximate surface area is 96.5 Å². The van der Waals surface area contributed by atoms with Crippen molar-refractivity contribution in [2.45, 2.75) is 6.92 Å². The molecule has 0 fully saturated rings. The van der Waals surface area contributed by atoms with Crippen LogP contribution in [0.25, 0.3) is 11.4 Å². The molecule has 1 radical (unpaired) electrons. The Morgan fingerprint density at radius 1 is 1.40 bits per heavy atom. The summed E-state index contributed by atoms with van der Waals surface area (Å²) in [6.45, 7) is 5.83. The van der Waals surface area contributed by atoms with Gasteiger partial charge in [0.05, 0.1) is 17.1 Å². The largest absolute Gasteiger partial charge is 0.252 e. The zero-order valence-corrected chi connectivity index (χ0v) is 10.1. The second-order valence-corrected chi connectivity index (χ2v) is 4.13. The van der Waals surface area contributed by atoms with Crippen molar-refractivity contribution in [3.63, 3.8) is 0 Å². The number of aryl methyl sites for hydroxylation is 2. The van der Waals surface area contributed by atoms with Gasteiger partial charge in [0.1, 0.15) is 5.69 Å². The summed E-state index contributed by atoms with van der Waals surface area (Å²) in [5.41, 5.74) is 3.23. The maximum Gasteiger partial charge on any atom is 0.134 e. The van der Waals surface area contributed by atoms with Gasteiger partial charge < -0.3 is 0 Å². The van der Waals surface area contributed by atoms with Crippen molar-refractivity contribution >= 4 is 15.9 Å². The predicted molar refractivity (Wildman–Crippen MR) is 61.1 cm³/mol. The van der Waals surface area contributed by atoms with Gasteiger partial charge in [0, 0.05) is 11.5 Å². The molecule has 0 aromatic carbocycles. The molecule has 2 aromatic rings. The van der Waals surface area contributed by atoms with Crippen molar-refractivity contribution in [3.8, 4) is 11.4 Å². The maximum absolute atomic E-state index is 4.41. The first-order chi connectivity index (χ1) is 7.09. The molecule has 0 bridgehead atoms. The molecule has 0 spiro atoms. The molecule has 2 aromatic heterocycles. The van der Waals surface area contributed by atoms with E-state index in [9.17, 15) is 0 Å². The van der Waals surface area contributed by atoms with Gasteiger partial charge in [-0.25, -0.2) is 0 Å². The number of rotatable bonds is 1. The molecule has 0 aliphatic heterocycles. The molecule has 5 heteroatoms. The lowest BCUT2D eigenvalue weighted by molar-refractivity contribution is 0.705. The fourth-order valence-corrected chi connectivity index (χ4v) is 1.47. The molecular formula is C10H10BrN4. The van der Waals surface area contributed by atoms with Gasteiger partial charge in [-0.15, -0.1) is 5.10 Å². The first-order valence-corrected chi connectivity index (χ1v) is 5.24. The van der Waals surface area contributed by atoms with Gasteiger partial charge in [-0.05, 0) is 41.9 Å². The van der Waals surface area contributed by atoms with Crippen LogP contribution in [0.15, 0.2) is 16.6 Å². The number of pyridine rings is 1. The third kappa shape index (κ3) is 1.79. The number of nitrogens with zero attached hydrogens (tertiary/aromatic N) is 4. The number of halogens is 1. The summed E-state index contributed by atoms with van der Waals surface area (Å²) in [7, 11) is 1.81. The van der Waals surface area contributed by atoms with E-state index >= 15 is 0 Å². The Morgan fingerprint density at radius 2 is 2.13 bits per heavy atom. The quantitative estimate of drug-likeness (QED) is 0.794. The monoisotopic (exact) mass is 265 g/mol. The average Bonchev–Trinajstić information content (AvgIpc) is 2.53. The average molecular weight is 266 g/mol. The van der Waals surface area contributed by atoms with E-state index in [1.54, 1.807) is 4.68 Å². The van der Waals surface area contributed by atoms with Gasteiger partial charge in [0.2, 0.25) is 0 Å². The predicted octanol–water partition coefficient (Wildman–Crippen LogP) is 2.13. The minimum Gasteiger partial charge on any atom is -0.252 e. The number of hydrogen-bond donors (Lipinski definition) is 0. The highest BCUT2D eigenvalue weighted by Gasteiger charge is 2.10. The van der Waals surface area contributed by atoms with E-state index in [1.807, 2.05) is 26.1 Å². The summed E-state index contributed by atoms with van der Waals surface area (Å²) in [5.74, 6) is 0. The number of hydrogen-bond acceptors (Lipinski definition) is 3. The van der Waals surface area contributed by atoms with Gasteiger partial charge in [-0.3, -0.25) is 9.67 Å². The van der Waals surface area contributed by atoms with E-state index in [4.69, 9.17) is 0 Å². The molecule has 77 valence electrons. The Bertz CT molecular complexity index is 504. The zero-order valence-electron chi connectivity index (χ0n) is 8.53. The van der Waals surface area contributed by atoms with E-state index in [0.717, 1.165) is 27.2 Å². The molecule has 0 N–H and O–H groups in total. The Hall–Kier alpha value is -1.23. The van der Waals surface area contributed by atoms with Gasteiger partial charge in [0.25, 0.3) is 0 Å². The first kappa shape index (κ1) is 10.3. The van der Waals surface area contributed by atoms with Crippen LogP contribution in [0, 0.1) is 13.8 Å². The van der Waals surface area contributed by atoms with Crippen molar-refractivity contribution in [2.24, 2.45) is 7.05 Å². The zero-order chi connectivity index (χ0) is 11.0. The van der Waals surface area contributed by atoms with Crippen molar-refractivity contribution in [1.82, 2.24) is 20.0 Å². The van der Waals surface area contributed by atoms with Crippen LogP contribution < -0.4 is 0 Å².